The quantitative estimate of drug-likeness (QED) is 0.735. The van der Waals surface area contributed by atoms with Gasteiger partial charge in [-0.3, -0.25) is 0 Å². The highest BCUT2D eigenvalue weighted by molar-refractivity contribution is 14.1. The topological polar surface area (TPSA) is 4.93 Å². The summed E-state index contributed by atoms with van der Waals surface area (Å²) in [6.45, 7) is 2.20. The number of rotatable bonds is 3. The molecule has 2 heteroatoms. The van der Waals surface area contributed by atoms with Crippen LogP contribution in [-0.2, 0) is 0 Å². The molecular weight excluding hydrogens is 297 g/mol. The Morgan fingerprint density at radius 2 is 2.13 bits per heavy atom. The van der Waals surface area contributed by atoms with Gasteiger partial charge in [0.05, 0.1) is 9.22 Å². The summed E-state index contributed by atoms with van der Waals surface area (Å²) in [6, 6.07) is 10.7. The number of nitrogens with zero attached hydrogens (tertiary/aromatic N) is 1. The highest BCUT2D eigenvalue weighted by Gasteiger charge is 2.02. The lowest BCUT2D eigenvalue weighted by molar-refractivity contribution is 0.956. The molecule has 2 aromatic rings. The largest absolute Gasteiger partial charge is 0.312 e. The van der Waals surface area contributed by atoms with Crippen LogP contribution in [0.4, 0.5) is 0 Å². The van der Waals surface area contributed by atoms with E-state index in [0.29, 0.717) is 0 Å². The molecule has 1 heterocycles. The smallest absolute Gasteiger partial charge is 0.0850 e. The molecule has 0 saturated carbocycles. The Bertz CT molecular complexity index is 482. The van der Waals surface area contributed by atoms with Crippen molar-refractivity contribution >= 4 is 39.7 Å². The maximum Gasteiger partial charge on any atom is 0.0850 e. The summed E-state index contributed by atoms with van der Waals surface area (Å²) in [5.41, 5.74) is 1.29. The predicted octanol–water partition coefficient (Wildman–Crippen LogP) is 4.52. The molecule has 78 valence electrons. The Balaban J connectivity index is 2.45. The number of fused-ring (bicyclic) bond motifs is 1. The molecule has 0 N–H and O–H groups in total. The Kier molecular flexibility index (Phi) is 3.46. The molecule has 1 aromatic heterocycles. The standard InChI is InChI=1S/C13H14IN/c1-2-3-6-9-15-12-8-5-4-7-11(12)10-13(15)14/h4-10H,2-3H2,1H3. The number of benzene rings is 1. The summed E-state index contributed by atoms with van der Waals surface area (Å²) in [5.74, 6) is 0. The van der Waals surface area contributed by atoms with Crippen LogP contribution >= 0.6 is 22.6 Å². The maximum atomic E-state index is 2.38. The highest BCUT2D eigenvalue weighted by Crippen LogP contribution is 2.21. The van der Waals surface area contributed by atoms with E-state index in [0.717, 1.165) is 6.42 Å². The Morgan fingerprint density at radius 1 is 1.33 bits per heavy atom. The zero-order chi connectivity index (χ0) is 10.7. The molecule has 0 unspecified atom stereocenters. The number of hydrogen-bond acceptors (Lipinski definition) is 0. The molecule has 0 bridgehead atoms. The van der Waals surface area contributed by atoms with E-state index < -0.39 is 0 Å². The fourth-order valence-electron chi connectivity index (χ4n) is 1.64. The van der Waals surface area contributed by atoms with Crippen molar-refractivity contribution in [2.75, 3.05) is 0 Å². The van der Waals surface area contributed by atoms with Crippen LogP contribution in [0.1, 0.15) is 19.8 Å². The minimum absolute atomic E-state index is 1.14. The van der Waals surface area contributed by atoms with Gasteiger partial charge in [-0.15, -0.1) is 0 Å². The van der Waals surface area contributed by atoms with Gasteiger partial charge in [0.2, 0.25) is 0 Å². The van der Waals surface area contributed by atoms with E-state index in [4.69, 9.17) is 0 Å². The first-order chi connectivity index (χ1) is 7.33. The van der Waals surface area contributed by atoms with Gasteiger partial charge in [0.15, 0.2) is 0 Å². The monoisotopic (exact) mass is 311 g/mol. The first-order valence-electron chi connectivity index (χ1n) is 5.25. The van der Waals surface area contributed by atoms with Crippen molar-refractivity contribution in [2.45, 2.75) is 19.8 Å². The fraction of sp³-hybridized carbons (Fsp3) is 0.231. The third-order valence-electron chi connectivity index (χ3n) is 2.41. The second kappa shape index (κ2) is 4.84. The van der Waals surface area contributed by atoms with Gasteiger partial charge in [0, 0.05) is 11.6 Å². The van der Waals surface area contributed by atoms with E-state index in [1.54, 1.807) is 0 Å². The lowest BCUT2D eigenvalue weighted by Crippen LogP contribution is -1.87. The summed E-state index contributed by atoms with van der Waals surface area (Å²) in [5, 5.41) is 1.31. The van der Waals surface area contributed by atoms with Gasteiger partial charge >= 0.3 is 0 Å². The van der Waals surface area contributed by atoms with Crippen molar-refractivity contribution in [3.8, 4) is 0 Å². The van der Waals surface area contributed by atoms with Crippen LogP contribution in [0.5, 0.6) is 0 Å². The molecular formula is C13H14IN. The van der Waals surface area contributed by atoms with Gasteiger partial charge in [-0.2, -0.15) is 0 Å². The number of halogens is 1. The number of hydrogen-bond donors (Lipinski definition) is 0. The van der Waals surface area contributed by atoms with E-state index in [-0.39, 0.29) is 0 Å². The molecule has 0 amide bonds. The number of para-hydroxylation sites is 1. The van der Waals surface area contributed by atoms with Crippen molar-refractivity contribution in [1.29, 1.82) is 0 Å². The summed E-state index contributed by atoms with van der Waals surface area (Å²) < 4.78 is 3.51. The van der Waals surface area contributed by atoms with Crippen LogP contribution in [0.2, 0.25) is 0 Å². The van der Waals surface area contributed by atoms with E-state index >= 15 is 0 Å². The van der Waals surface area contributed by atoms with Crippen molar-refractivity contribution < 1.29 is 0 Å². The number of allylic oxidation sites excluding steroid dienone is 1. The normalized spacial score (nSPS) is 11.6. The molecule has 1 nitrogen and oxygen atoms in total. The second-order valence-corrected chi connectivity index (χ2v) is 4.67. The lowest BCUT2D eigenvalue weighted by atomic mass is 10.2. The first-order valence-corrected chi connectivity index (χ1v) is 6.33. The molecule has 2 rings (SSSR count). The summed E-state index contributed by atoms with van der Waals surface area (Å²) in [7, 11) is 0. The summed E-state index contributed by atoms with van der Waals surface area (Å²) in [6.07, 6.45) is 6.75. The van der Waals surface area contributed by atoms with E-state index in [2.05, 4.69) is 76.7 Å². The van der Waals surface area contributed by atoms with Crippen LogP contribution in [0.25, 0.3) is 17.1 Å². The van der Waals surface area contributed by atoms with Crippen molar-refractivity contribution in [1.82, 2.24) is 4.57 Å². The molecule has 0 atom stereocenters. The molecule has 0 radical (unpaired) electrons. The third-order valence-corrected chi connectivity index (χ3v) is 3.24. The van der Waals surface area contributed by atoms with Crippen LogP contribution in [0, 0.1) is 3.70 Å². The third kappa shape index (κ3) is 2.25. The van der Waals surface area contributed by atoms with Crippen molar-refractivity contribution in [3.05, 3.63) is 40.1 Å². The summed E-state index contributed by atoms with van der Waals surface area (Å²) >= 11 is 2.38. The first kappa shape index (κ1) is 10.7. The molecule has 0 fully saturated rings. The molecule has 1 aromatic carbocycles. The van der Waals surface area contributed by atoms with Crippen molar-refractivity contribution in [2.24, 2.45) is 0 Å². The second-order valence-electron chi connectivity index (χ2n) is 3.57. The molecule has 0 aliphatic rings. The molecule has 0 spiro atoms. The molecule has 0 aliphatic heterocycles. The van der Waals surface area contributed by atoms with Crippen LogP contribution in [0.3, 0.4) is 0 Å². The summed E-state index contributed by atoms with van der Waals surface area (Å²) in [4.78, 5) is 0. The maximum absolute atomic E-state index is 2.38. The number of aromatic nitrogens is 1. The number of unbranched alkanes of at least 4 members (excludes halogenated alkanes) is 1. The van der Waals surface area contributed by atoms with Gasteiger partial charge in [-0.25, -0.2) is 0 Å². The van der Waals surface area contributed by atoms with Crippen LogP contribution < -0.4 is 0 Å². The fourth-order valence-corrected chi connectivity index (χ4v) is 2.40. The van der Waals surface area contributed by atoms with Crippen molar-refractivity contribution in [3.63, 3.8) is 0 Å². The Labute approximate surface area is 104 Å². The van der Waals surface area contributed by atoms with Crippen LogP contribution in [-0.4, -0.2) is 4.57 Å². The van der Waals surface area contributed by atoms with Gasteiger partial charge in [0.1, 0.15) is 0 Å². The van der Waals surface area contributed by atoms with Gasteiger partial charge in [0.25, 0.3) is 0 Å². The van der Waals surface area contributed by atoms with E-state index in [9.17, 15) is 0 Å². The van der Waals surface area contributed by atoms with E-state index in [1.807, 2.05) is 0 Å². The van der Waals surface area contributed by atoms with Gasteiger partial charge in [-0.05, 0) is 41.1 Å². The van der Waals surface area contributed by atoms with Gasteiger partial charge in [-0.1, -0.05) is 37.6 Å². The van der Waals surface area contributed by atoms with Crippen LogP contribution in [0.15, 0.2) is 36.4 Å². The lowest BCUT2D eigenvalue weighted by Gasteiger charge is -1.99. The van der Waals surface area contributed by atoms with Gasteiger partial charge < -0.3 is 4.57 Å². The zero-order valence-corrected chi connectivity index (χ0v) is 10.9. The average Bonchev–Trinajstić information content (AvgIpc) is 2.56. The highest BCUT2D eigenvalue weighted by atomic mass is 127. The van der Waals surface area contributed by atoms with E-state index in [1.165, 1.54) is 21.0 Å². The minimum Gasteiger partial charge on any atom is -0.312 e. The predicted molar refractivity (Wildman–Crippen MR) is 74.9 cm³/mol. The molecule has 0 saturated heterocycles. The average molecular weight is 311 g/mol. The zero-order valence-electron chi connectivity index (χ0n) is 8.78. The molecule has 0 aliphatic carbocycles. The molecule has 15 heavy (non-hydrogen) atoms. The Morgan fingerprint density at radius 3 is 2.93 bits per heavy atom. The Hall–Kier alpha value is -0.770. The minimum atomic E-state index is 1.14. The SMILES string of the molecule is CCCC=Cn1c(I)cc2ccccc21.